The van der Waals surface area contributed by atoms with Crippen LogP contribution in [0.3, 0.4) is 0 Å². The minimum atomic E-state index is -0.858. The number of nitrogens with zero attached hydrogens (tertiary/aromatic N) is 1. The molecule has 2 atom stereocenters. The lowest BCUT2D eigenvalue weighted by Crippen LogP contribution is -2.35. The van der Waals surface area contributed by atoms with E-state index in [0.717, 1.165) is 23.3 Å². The standard InChI is InChI=1S/C16H14ClNOS/c17-14-8-7-13(20-14)15(19)16(10-18)9-3-5-11-4-1-2-6-12(11)16/h1-2,4,6-8,15,19H,3,5,9H2. The highest BCUT2D eigenvalue weighted by Gasteiger charge is 2.44. The molecule has 0 fully saturated rings. The van der Waals surface area contributed by atoms with Gasteiger partial charge in [0.1, 0.15) is 11.5 Å². The third-order valence-electron chi connectivity index (χ3n) is 4.04. The largest absolute Gasteiger partial charge is 0.386 e. The van der Waals surface area contributed by atoms with Gasteiger partial charge < -0.3 is 5.11 Å². The maximum Gasteiger partial charge on any atom is 0.113 e. The van der Waals surface area contributed by atoms with Crippen LogP contribution in [0.15, 0.2) is 36.4 Å². The second-order valence-corrected chi connectivity index (χ2v) is 6.88. The second-order valence-electron chi connectivity index (χ2n) is 5.14. The highest BCUT2D eigenvalue weighted by atomic mass is 35.5. The Morgan fingerprint density at radius 3 is 2.80 bits per heavy atom. The molecule has 2 aromatic rings. The van der Waals surface area contributed by atoms with E-state index in [4.69, 9.17) is 11.6 Å². The molecular formula is C16H14ClNOS. The minimum Gasteiger partial charge on any atom is -0.386 e. The SMILES string of the molecule is N#CC1(C(O)c2ccc(Cl)s2)CCCc2ccccc21. The summed E-state index contributed by atoms with van der Waals surface area (Å²) in [6.45, 7) is 0. The first-order chi connectivity index (χ1) is 9.67. The van der Waals surface area contributed by atoms with Crippen LogP contribution in [0.25, 0.3) is 0 Å². The predicted octanol–water partition coefficient (Wildman–Crippen LogP) is 4.23. The first kappa shape index (κ1) is 13.6. The molecule has 1 aliphatic carbocycles. The van der Waals surface area contributed by atoms with Crippen molar-refractivity contribution in [2.75, 3.05) is 0 Å². The number of rotatable bonds is 2. The van der Waals surface area contributed by atoms with E-state index in [-0.39, 0.29) is 0 Å². The zero-order chi connectivity index (χ0) is 14.2. The van der Waals surface area contributed by atoms with E-state index in [9.17, 15) is 10.4 Å². The van der Waals surface area contributed by atoms with E-state index in [2.05, 4.69) is 12.1 Å². The Morgan fingerprint density at radius 2 is 2.10 bits per heavy atom. The minimum absolute atomic E-state index is 0.635. The van der Waals surface area contributed by atoms with Crippen LogP contribution < -0.4 is 0 Å². The van der Waals surface area contributed by atoms with E-state index >= 15 is 0 Å². The van der Waals surface area contributed by atoms with Crippen molar-refractivity contribution in [1.29, 1.82) is 5.26 Å². The van der Waals surface area contributed by atoms with Gasteiger partial charge in [-0.2, -0.15) is 5.26 Å². The lowest BCUT2D eigenvalue weighted by atomic mass is 9.67. The third-order valence-corrected chi connectivity index (χ3v) is 5.33. The second kappa shape index (κ2) is 5.21. The number of halogens is 1. The summed E-state index contributed by atoms with van der Waals surface area (Å²) in [4.78, 5) is 0.758. The van der Waals surface area contributed by atoms with Crippen LogP contribution in [0.2, 0.25) is 4.34 Å². The fraction of sp³-hybridized carbons (Fsp3) is 0.312. The van der Waals surface area contributed by atoms with Crippen molar-refractivity contribution in [3.8, 4) is 6.07 Å². The molecule has 102 valence electrons. The molecule has 0 aliphatic heterocycles. The molecule has 4 heteroatoms. The number of hydrogen-bond acceptors (Lipinski definition) is 3. The molecule has 0 saturated heterocycles. The Morgan fingerprint density at radius 1 is 1.30 bits per heavy atom. The summed E-state index contributed by atoms with van der Waals surface area (Å²) in [5.41, 5.74) is 1.27. The van der Waals surface area contributed by atoms with Crippen molar-refractivity contribution in [3.63, 3.8) is 0 Å². The van der Waals surface area contributed by atoms with E-state index in [0.29, 0.717) is 10.8 Å². The number of aliphatic hydroxyl groups excluding tert-OH is 1. The molecule has 0 saturated carbocycles. The van der Waals surface area contributed by atoms with Crippen molar-refractivity contribution in [3.05, 3.63) is 56.7 Å². The number of thiophene rings is 1. The average molecular weight is 304 g/mol. The van der Waals surface area contributed by atoms with Crippen LogP contribution in [-0.2, 0) is 11.8 Å². The van der Waals surface area contributed by atoms with Gasteiger partial charge in [-0.05, 0) is 42.5 Å². The van der Waals surface area contributed by atoms with Gasteiger partial charge in [0.15, 0.2) is 0 Å². The van der Waals surface area contributed by atoms with Crippen LogP contribution in [-0.4, -0.2) is 5.11 Å². The van der Waals surface area contributed by atoms with Crippen LogP contribution in [0, 0.1) is 11.3 Å². The topological polar surface area (TPSA) is 44.0 Å². The first-order valence-electron chi connectivity index (χ1n) is 6.60. The highest BCUT2D eigenvalue weighted by Crippen LogP contribution is 2.47. The molecule has 1 N–H and O–H groups in total. The Kier molecular flexibility index (Phi) is 3.55. The quantitative estimate of drug-likeness (QED) is 0.902. The third kappa shape index (κ3) is 2.05. The summed E-state index contributed by atoms with van der Waals surface area (Å²) in [5, 5.41) is 20.6. The summed E-state index contributed by atoms with van der Waals surface area (Å²) in [5.74, 6) is 0. The monoisotopic (exact) mass is 303 g/mol. The van der Waals surface area contributed by atoms with Gasteiger partial charge in [0, 0.05) is 4.88 Å². The molecule has 3 rings (SSSR count). The molecule has 0 bridgehead atoms. The molecule has 2 unspecified atom stereocenters. The molecular weight excluding hydrogens is 290 g/mol. The average Bonchev–Trinajstić information content (AvgIpc) is 2.92. The van der Waals surface area contributed by atoms with Crippen LogP contribution in [0.4, 0.5) is 0 Å². The Bertz CT molecular complexity index is 675. The van der Waals surface area contributed by atoms with Gasteiger partial charge in [0.25, 0.3) is 0 Å². The zero-order valence-electron chi connectivity index (χ0n) is 10.8. The predicted molar refractivity (Wildman–Crippen MR) is 81.0 cm³/mol. The maximum absolute atomic E-state index is 10.8. The molecule has 20 heavy (non-hydrogen) atoms. The van der Waals surface area contributed by atoms with Gasteiger partial charge in [-0.1, -0.05) is 35.9 Å². The molecule has 0 amide bonds. The van der Waals surface area contributed by atoms with E-state index < -0.39 is 11.5 Å². The Balaban J connectivity index is 2.12. The Hall–Kier alpha value is -1.34. The number of benzene rings is 1. The molecule has 1 aromatic heterocycles. The zero-order valence-corrected chi connectivity index (χ0v) is 12.4. The van der Waals surface area contributed by atoms with E-state index in [1.165, 1.54) is 16.9 Å². The lowest BCUT2D eigenvalue weighted by Gasteiger charge is -2.36. The summed E-state index contributed by atoms with van der Waals surface area (Å²) < 4.78 is 0.635. The van der Waals surface area contributed by atoms with Crippen molar-refractivity contribution < 1.29 is 5.11 Å². The van der Waals surface area contributed by atoms with Crippen LogP contribution in [0.5, 0.6) is 0 Å². The van der Waals surface area contributed by atoms with Gasteiger partial charge in [-0.25, -0.2) is 0 Å². The van der Waals surface area contributed by atoms with Gasteiger partial charge in [0.2, 0.25) is 0 Å². The van der Waals surface area contributed by atoms with Crippen molar-refractivity contribution in [2.45, 2.75) is 30.8 Å². The summed E-state index contributed by atoms with van der Waals surface area (Å²) >= 11 is 7.30. The molecule has 2 nitrogen and oxygen atoms in total. The molecule has 1 aromatic carbocycles. The number of hydrogen-bond donors (Lipinski definition) is 1. The van der Waals surface area contributed by atoms with E-state index in [1.807, 2.05) is 24.3 Å². The van der Waals surface area contributed by atoms with Crippen LogP contribution >= 0.6 is 22.9 Å². The normalized spacial score (nSPS) is 22.9. The van der Waals surface area contributed by atoms with Crippen molar-refractivity contribution in [1.82, 2.24) is 0 Å². The van der Waals surface area contributed by atoms with Crippen molar-refractivity contribution >= 4 is 22.9 Å². The number of fused-ring (bicyclic) bond motifs is 1. The number of aryl methyl sites for hydroxylation is 1. The van der Waals surface area contributed by atoms with Gasteiger partial charge in [-0.3, -0.25) is 0 Å². The van der Waals surface area contributed by atoms with Gasteiger partial charge >= 0.3 is 0 Å². The fourth-order valence-electron chi connectivity index (χ4n) is 3.05. The number of aliphatic hydroxyl groups is 1. The summed E-state index contributed by atoms with van der Waals surface area (Å²) in [7, 11) is 0. The van der Waals surface area contributed by atoms with Gasteiger partial charge in [-0.15, -0.1) is 11.3 Å². The smallest absolute Gasteiger partial charge is 0.113 e. The van der Waals surface area contributed by atoms with Gasteiger partial charge in [0.05, 0.1) is 10.4 Å². The summed E-state index contributed by atoms with van der Waals surface area (Å²) in [6.07, 6.45) is 1.74. The Labute approximate surface area is 127 Å². The lowest BCUT2D eigenvalue weighted by molar-refractivity contribution is 0.103. The fourth-order valence-corrected chi connectivity index (χ4v) is 4.19. The first-order valence-corrected chi connectivity index (χ1v) is 7.80. The molecule has 1 heterocycles. The summed E-state index contributed by atoms with van der Waals surface area (Å²) in [6, 6.07) is 13.9. The highest BCUT2D eigenvalue weighted by molar-refractivity contribution is 7.16. The van der Waals surface area contributed by atoms with Crippen molar-refractivity contribution in [2.24, 2.45) is 0 Å². The molecule has 1 aliphatic rings. The number of nitriles is 1. The maximum atomic E-state index is 10.8. The van der Waals surface area contributed by atoms with E-state index in [1.54, 1.807) is 6.07 Å². The van der Waals surface area contributed by atoms with Crippen LogP contribution in [0.1, 0.15) is 34.9 Å². The molecule has 0 spiro atoms. The molecule has 0 radical (unpaired) electrons.